The van der Waals surface area contributed by atoms with Crippen LogP contribution >= 0.6 is 0 Å². The molecule has 0 spiro atoms. The molecule has 0 aliphatic heterocycles. The molecule has 0 fully saturated rings. The summed E-state index contributed by atoms with van der Waals surface area (Å²) in [4.78, 5) is 23.1. The predicted molar refractivity (Wildman–Crippen MR) is 74.6 cm³/mol. The fraction of sp³-hybridized carbons (Fsp3) is 0.357. The van der Waals surface area contributed by atoms with Gasteiger partial charge < -0.3 is 10.4 Å². The van der Waals surface area contributed by atoms with Gasteiger partial charge in [-0.05, 0) is 26.8 Å². The maximum absolute atomic E-state index is 11.9. The first kappa shape index (κ1) is 14.0. The van der Waals surface area contributed by atoms with Gasteiger partial charge in [0.15, 0.2) is 5.69 Å². The highest BCUT2D eigenvalue weighted by atomic mass is 16.4. The van der Waals surface area contributed by atoms with E-state index >= 15 is 0 Å². The first-order chi connectivity index (χ1) is 9.28. The molecule has 20 heavy (non-hydrogen) atoms. The SMILES string of the molecule is CC(C)(C)NC(=O)Cn1nc(C(=O)O)c2ccccc21. The van der Waals surface area contributed by atoms with Crippen LogP contribution in [0.2, 0.25) is 0 Å². The van der Waals surface area contributed by atoms with Crippen LogP contribution in [-0.4, -0.2) is 32.3 Å². The molecule has 0 aliphatic rings. The number of amides is 1. The summed E-state index contributed by atoms with van der Waals surface area (Å²) in [6, 6.07) is 6.97. The largest absolute Gasteiger partial charge is 0.476 e. The standard InChI is InChI=1S/C14H17N3O3/c1-14(2,3)15-11(18)8-17-10-7-5-4-6-9(10)12(16-17)13(19)20/h4-7H,8H2,1-3H3,(H,15,18)(H,19,20). The maximum Gasteiger partial charge on any atom is 0.357 e. The number of nitrogens with one attached hydrogen (secondary N) is 1. The highest BCUT2D eigenvalue weighted by molar-refractivity contribution is 6.01. The van der Waals surface area contributed by atoms with Crippen molar-refractivity contribution >= 4 is 22.8 Å². The van der Waals surface area contributed by atoms with E-state index in [1.54, 1.807) is 24.3 Å². The molecule has 0 bridgehead atoms. The van der Waals surface area contributed by atoms with E-state index in [0.717, 1.165) is 0 Å². The third-order valence-corrected chi connectivity index (χ3v) is 2.67. The van der Waals surface area contributed by atoms with Crippen molar-refractivity contribution in [2.45, 2.75) is 32.9 Å². The van der Waals surface area contributed by atoms with Crippen molar-refractivity contribution < 1.29 is 14.7 Å². The predicted octanol–water partition coefficient (Wildman–Crippen LogP) is 1.65. The lowest BCUT2D eigenvalue weighted by Gasteiger charge is -2.20. The number of para-hydroxylation sites is 1. The van der Waals surface area contributed by atoms with E-state index in [-0.39, 0.29) is 23.7 Å². The molecule has 2 rings (SSSR count). The summed E-state index contributed by atoms with van der Waals surface area (Å²) in [6.45, 7) is 5.64. The number of benzene rings is 1. The molecular formula is C14H17N3O3. The number of rotatable bonds is 3. The van der Waals surface area contributed by atoms with Crippen molar-refractivity contribution in [3.63, 3.8) is 0 Å². The zero-order valence-electron chi connectivity index (χ0n) is 11.7. The van der Waals surface area contributed by atoms with Gasteiger partial charge >= 0.3 is 5.97 Å². The average Bonchev–Trinajstić information content (AvgIpc) is 2.66. The summed E-state index contributed by atoms with van der Waals surface area (Å²) in [5.41, 5.74) is 0.258. The summed E-state index contributed by atoms with van der Waals surface area (Å²) in [7, 11) is 0. The molecule has 0 saturated carbocycles. The molecule has 0 unspecified atom stereocenters. The van der Waals surface area contributed by atoms with Crippen LogP contribution in [0.15, 0.2) is 24.3 Å². The van der Waals surface area contributed by atoms with E-state index in [2.05, 4.69) is 10.4 Å². The Morgan fingerprint density at radius 1 is 1.30 bits per heavy atom. The van der Waals surface area contributed by atoms with Crippen LogP contribution in [0, 0.1) is 0 Å². The molecule has 6 nitrogen and oxygen atoms in total. The van der Waals surface area contributed by atoms with Crippen LogP contribution in [0.3, 0.4) is 0 Å². The molecule has 1 amide bonds. The highest BCUT2D eigenvalue weighted by Crippen LogP contribution is 2.18. The van der Waals surface area contributed by atoms with Crippen LogP contribution in [0.4, 0.5) is 0 Å². The number of aromatic carboxylic acids is 1. The van der Waals surface area contributed by atoms with Crippen molar-refractivity contribution in [2.24, 2.45) is 0 Å². The van der Waals surface area contributed by atoms with E-state index in [9.17, 15) is 9.59 Å². The Balaban J connectivity index is 2.36. The molecule has 106 valence electrons. The fourth-order valence-corrected chi connectivity index (χ4v) is 2.00. The summed E-state index contributed by atoms with van der Waals surface area (Å²) >= 11 is 0. The van der Waals surface area contributed by atoms with Gasteiger partial charge in [-0.15, -0.1) is 0 Å². The van der Waals surface area contributed by atoms with Gasteiger partial charge in [-0.1, -0.05) is 18.2 Å². The van der Waals surface area contributed by atoms with Crippen LogP contribution in [0.5, 0.6) is 0 Å². The molecule has 1 heterocycles. The third-order valence-electron chi connectivity index (χ3n) is 2.67. The van der Waals surface area contributed by atoms with Gasteiger partial charge in [-0.2, -0.15) is 5.10 Å². The second-order valence-corrected chi connectivity index (χ2v) is 5.63. The van der Waals surface area contributed by atoms with Crippen molar-refractivity contribution in [1.82, 2.24) is 15.1 Å². The van der Waals surface area contributed by atoms with E-state index in [4.69, 9.17) is 5.11 Å². The zero-order chi connectivity index (χ0) is 14.9. The van der Waals surface area contributed by atoms with E-state index in [1.165, 1.54) is 4.68 Å². The average molecular weight is 275 g/mol. The molecule has 2 aromatic rings. The van der Waals surface area contributed by atoms with Crippen LogP contribution < -0.4 is 5.32 Å². The van der Waals surface area contributed by atoms with E-state index in [1.807, 2.05) is 20.8 Å². The van der Waals surface area contributed by atoms with E-state index < -0.39 is 5.97 Å². The van der Waals surface area contributed by atoms with Gasteiger partial charge in [0, 0.05) is 10.9 Å². The van der Waals surface area contributed by atoms with Gasteiger partial charge in [0.2, 0.25) is 5.91 Å². The maximum atomic E-state index is 11.9. The van der Waals surface area contributed by atoms with Crippen molar-refractivity contribution in [3.05, 3.63) is 30.0 Å². The van der Waals surface area contributed by atoms with Gasteiger partial charge in [0.25, 0.3) is 0 Å². The topological polar surface area (TPSA) is 84.2 Å². The Morgan fingerprint density at radius 3 is 2.55 bits per heavy atom. The van der Waals surface area contributed by atoms with Crippen molar-refractivity contribution in [1.29, 1.82) is 0 Å². The van der Waals surface area contributed by atoms with Crippen LogP contribution in [0.1, 0.15) is 31.3 Å². The van der Waals surface area contributed by atoms with E-state index in [0.29, 0.717) is 10.9 Å². The molecule has 0 radical (unpaired) electrons. The minimum atomic E-state index is -1.10. The minimum Gasteiger partial charge on any atom is -0.476 e. The molecule has 0 saturated heterocycles. The lowest BCUT2D eigenvalue weighted by atomic mass is 10.1. The smallest absolute Gasteiger partial charge is 0.357 e. The number of hydrogen-bond donors (Lipinski definition) is 2. The Bertz CT molecular complexity index is 668. The summed E-state index contributed by atoms with van der Waals surface area (Å²) in [6.07, 6.45) is 0. The van der Waals surface area contributed by atoms with Gasteiger partial charge in [0.1, 0.15) is 6.54 Å². The minimum absolute atomic E-state index is 0.00887. The lowest BCUT2D eigenvalue weighted by Crippen LogP contribution is -2.42. The number of fused-ring (bicyclic) bond motifs is 1. The Labute approximate surface area is 116 Å². The Morgan fingerprint density at radius 2 is 1.95 bits per heavy atom. The van der Waals surface area contributed by atoms with Gasteiger partial charge in [-0.3, -0.25) is 9.48 Å². The first-order valence-corrected chi connectivity index (χ1v) is 6.28. The summed E-state index contributed by atoms with van der Waals surface area (Å²) < 4.78 is 1.42. The number of carbonyl (C=O) groups is 2. The number of aromatic nitrogens is 2. The fourth-order valence-electron chi connectivity index (χ4n) is 2.00. The van der Waals surface area contributed by atoms with Gasteiger partial charge in [0.05, 0.1) is 5.52 Å². The molecule has 0 atom stereocenters. The number of hydrogen-bond acceptors (Lipinski definition) is 3. The second-order valence-electron chi connectivity index (χ2n) is 5.63. The number of nitrogens with zero attached hydrogens (tertiary/aromatic N) is 2. The molecule has 0 aliphatic carbocycles. The molecule has 6 heteroatoms. The van der Waals surface area contributed by atoms with Gasteiger partial charge in [-0.25, -0.2) is 4.79 Å². The molecule has 2 N–H and O–H groups in total. The number of carboxylic acids is 1. The molecule has 1 aromatic carbocycles. The molecule has 1 aromatic heterocycles. The number of carboxylic acid groups (broad SMARTS) is 1. The van der Waals surface area contributed by atoms with Crippen molar-refractivity contribution in [2.75, 3.05) is 0 Å². The summed E-state index contributed by atoms with van der Waals surface area (Å²) in [5, 5.41) is 16.5. The Kier molecular flexibility index (Phi) is 3.48. The second kappa shape index (κ2) is 4.96. The van der Waals surface area contributed by atoms with Crippen LogP contribution in [0.25, 0.3) is 10.9 Å². The van der Waals surface area contributed by atoms with Crippen molar-refractivity contribution in [3.8, 4) is 0 Å². The lowest BCUT2D eigenvalue weighted by molar-refractivity contribution is -0.123. The monoisotopic (exact) mass is 275 g/mol. The quantitative estimate of drug-likeness (QED) is 0.892. The normalized spacial score (nSPS) is 11.6. The Hall–Kier alpha value is -2.37. The third kappa shape index (κ3) is 2.96. The van der Waals surface area contributed by atoms with Crippen LogP contribution in [-0.2, 0) is 11.3 Å². The zero-order valence-corrected chi connectivity index (χ0v) is 11.7. The molecular weight excluding hydrogens is 258 g/mol. The highest BCUT2D eigenvalue weighted by Gasteiger charge is 2.19. The summed E-state index contributed by atoms with van der Waals surface area (Å²) in [5.74, 6) is -1.31. The first-order valence-electron chi connectivity index (χ1n) is 6.28. The number of carbonyl (C=O) groups excluding carboxylic acids is 1.